The Kier molecular flexibility index (Phi) is 5.91. The van der Waals surface area contributed by atoms with Crippen LogP contribution < -0.4 is 20.6 Å². The Hall–Kier alpha value is -3.81. The number of hydrogen-bond acceptors (Lipinski definition) is 6. The number of carbonyl (C=O) groups is 2. The summed E-state index contributed by atoms with van der Waals surface area (Å²) in [7, 11) is 0. The van der Waals surface area contributed by atoms with Gasteiger partial charge < -0.3 is 19.6 Å². The Labute approximate surface area is 160 Å². The van der Waals surface area contributed by atoms with E-state index in [1.165, 1.54) is 6.21 Å². The van der Waals surface area contributed by atoms with Crippen LogP contribution in [0.15, 0.2) is 58.0 Å². The largest absolute Gasteiger partial charge is 0.490 e. The highest BCUT2D eigenvalue weighted by molar-refractivity contribution is 5.96. The number of furan rings is 1. The molecule has 2 aromatic carbocycles. The molecular formula is C20H19N3O5. The molecule has 144 valence electrons. The van der Waals surface area contributed by atoms with E-state index >= 15 is 0 Å². The fraction of sp³-hybridized carbons (Fsp3) is 0.150. The average molecular weight is 381 g/mol. The molecule has 0 radical (unpaired) electrons. The van der Waals surface area contributed by atoms with Crippen molar-refractivity contribution in [2.75, 3.05) is 13.2 Å². The quantitative estimate of drug-likeness (QED) is 0.459. The first-order chi connectivity index (χ1) is 13.6. The summed E-state index contributed by atoms with van der Waals surface area (Å²) in [5, 5.41) is 4.78. The Bertz CT molecular complexity index is 993. The van der Waals surface area contributed by atoms with Crippen molar-refractivity contribution in [3.8, 4) is 11.5 Å². The summed E-state index contributed by atoms with van der Waals surface area (Å²) in [4.78, 5) is 23.0. The van der Waals surface area contributed by atoms with Crippen LogP contribution in [0.4, 0.5) is 0 Å². The monoisotopic (exact) mass is 381 g/mol. The molecule has 0 saturated carbocycles. The number of nitrogens with one attached hydrogen (secondary N) is 1. The molecular weight excluding hydrogens is 362 g/mol. The third kappa shape index (κ3) is 4.67. The van der Waals surface area contributed by atoms with E-state index in [2.05, 4.69) is 10.5 Å². The molecule has 8 nitrogen and oxygen atoms in total. The molecule has 1 aromatic heterocycles. The first-order valence-electron chi connectivity index (χ1n) is 8.56. The number of benzene rings is 2. The van der Waals surface area contributed by atoms with Crippen molar-refractivity contribution in [2.45, 2.75) is 6.92 Å². The smallest absolute Gasteiger partial charge is 0.307 e. The number of rotatable bonds is 8. The van der Waals surface area contributed by atoms with Crippen molar-refractivity contribution in [2.24, 2.45) is 10.8 Å². The first kappa shape index (κ1) is 19.0. The van der Waals surface area contributed by atoms with Crippen molar-refractivity contribution in [1.29, 1.82) is 0 Å². The molecule has 3 N–H and O–H groups in total. The van der Waals surface area contributed by atoms with Gasteiger partial charge in [-0.3, -0.25) is 9.59 Å². The molecule has 0 unspecified atom stereocenters. The van der Waals surface area contributed by atoms with Crippen LogP contribution in [0.2, 0.25) is 0 Å². The lowest BCUT2D eigenvalue weighted by Gasteiger charge is -2.11. The van der Waals surface area contributed by atoms with Gasteiger partial charge in [-0.15, -0.1) is 0 Å². The minimum absolute atomic E-state index is 0.170. The second-order valence-electron chi connectivity index (χ2n) is 5.74. The topological polar surface area (TPSA) is 116 Å². The number of amides is 2. The lowest BCUT2D eigenvalue weighted by Crippen LogP contribution is -2.20. The molecule has 3 rings (SSSR count). The maximum absolute atomic E-state index is 12.2. The standard InChI is InChI=1S/C20H19N3O5/c1-2-26-17-9-13(7-8-16(17)27-12-19(21)24)11-22-23-20(25)18-10-14-5-3-4-6-15(14)28-18/h3-11H,2,12H2,1H3,(H2,21,24)(H,23,25). The third-order valence-corrected chi connectivity index (χ3v) is 3.67. The molecule has 3 aromatic rings. The maximum Gasteiger partial charge on any atom is 0.307 e. The van der Waals surface area contributed by atoms with E-state index in [0.29, 0.717) is 29.3 Å². The number of fused-ring (bicyclic) bond motifs is 1. The first-order valence-corrected chi connectivity index (χ1v) is 8.56. The van der Waals surface area contributed by atoms with Gasteiger partial charge in [0, 0.05) is 5.39 Å². The molecule has 0 atom stereocenters. The second kappa shape index (κ2) is 8.72. The molecule has 0 saturated heterocycles. The van der Waals surface area contributed by atoms with Gasteiger partial charge in [0.1, 0.15) is 5.58 Å². The van der Waals surface area contributed by atoms with E-state index in [4.69, 9.17) is 19.6 Å². The molecule has 28 heavy (non-hydrogen) atoms. The fourth-order valence-corrected chi connectivity index (χ4v) is 2.46. The number of primary amides is 1. The number of carbonyl (C=O) groups excluding carboxylic acids is 2. The highest BCUT2D eigenvalue weighted by Crippen LogP contribution is 2.28. The zero-order valence-corrected chi connectivity index (χ0v) is 15.2. The Morgan fingerprint density at radius 2 is 1.96 bits per heavy atom. The van der Waals surface area contributed by atoms with Crippen LogP contribution in [-0.2, 0) is 4.79 Å². The predicted molar refractivity (Wildman–Crippen MR) is 104 cm³/mol. The van der Waals surface area contributed by atoms with E-state index in [0.717, 1.165) is 5.39 Å². The van der Waals surface area contributed by atoms with E-state index in [1.54, 1.807) is 30.3 Å². The van der Waals surface area contributed by atoms with E-state index in [-0.39, 0.29) is 12.4 Å². The summed E-state index contributed by atoms with van der Waals surface area (Å²) in [6.45, 7) is 1.99. The number of ether oxygens (including phenoxy) is 2. The fourth-order valence-electron chi connectivity index (χ4n) is 2.46. The SMILES string of the molecule is CCOc1cc(C=NNC(=O)c2cc3ccccc3o2)ccc1OCC(N)=O. The summed E-state index contributed by atoms with van der Waals surface area (Å²) in [6.07, 6.45) is 1.46. The van der Waals surface area contributed by atoms with Gasteiger partial charge in [-0.1, -0.05) is 18.2 Å². The molecule has 0 aliphatic rings. The van der Waals surface area contributed by atoms with Crippen LogP contribution in [0.5, 0.6) is 11.5 Å². The molecule has 0 fully saturated rings. The van der Waals surface area contributed by atoms with E-state index in [1.807, 2.05) is 25.1 Å². The van der Waals surface area contributed by atoms with Crippen LogP contribution in [-0.4, -0.2) is 31.2 Å². The molecule has 0 bridgehead atoms. The summed E-state index contributed by atoms with van der Waals surface area (Å²) in [5.74, 6) is -0.0377. The number of nitrogens with zero attached hydrogens (tertiary/aromatic N) is 1. The zero-order valence-electron chi connectivity index (χ0n) is 15.2. The van der Waals surface area contributed by atoms with Crippen LogP contribution in [0, 0.1) is 0 Å². The second-order valence-corrected chi connectivity index (χ2v) is 5.74. The molecule has 0 spiro atoms. The Morgan fingerprint density at radius 1 is 1.14 bits per heavy atom. The van der Waals surface area contributed by atoms with Crippen molar-refractivity contribution < 1.29 is 23.5 Å². The minimum atomic E-state index is -0.582. The van der Waals surface area contributed by atoms with Crippen molar-refractivity contribution in [1.82, 2.24) is 5.43 Å². The van der Waals surface area contributed by atoms with Crippen LogP contribution in [0.1, 0.15) is 23.0 Å². The van der Waals surface area contributed by atoms with Gasteiger partial charge in [0.15, 0.2) is 23.9 Å². The highest BCUT2D eigenvalue weighted by atomic mass is 16.5. The van der Waals surface area contributed by atoms with E-state index in [9.17, 15) is 9.59 Å². The molecule has 2 amide bonds. The zero-order chi connectivity index (χ0) is 19.9. The van der Waals surface area contributed by atoms with Gasteiger partial charge in [0.25, 0.3) is 5.91 Å². The van der Waals surface area contributed by atoms with Crippen molar-refractivity contribution in [3.05, 3.63) is 59.9 Å². The lowest BCUT2D eigenvalue weighted by molar-refractivity contribution is -0.119. The summed E-state index contributed by atoms with van der Waals surface area (Å²) in [5.41, 5.74) is 8.80. The number of nitrogens with two attached hydrogens (primary N) is 1. The van der Waals surface area contributed by atoms with Gasteiger partial charge in [-0.2, -0.15) is 5.10 Å². The Morgan fingerprint density at radius 3 is 2.71 bits per heavy atom. The average Bonchev–Trinajstić information content (AvgIpc) is 3.12. The lowest BCUT2D eigenvalue weighted by atomic mass is 10.2. The van der Waals surface area contributed by atoms with Crippen LogP contribution in [0.3, 0.4) is 0 Å². The molecule has 0 aliphatic heterocycles. The number of hydrazone groups is 1. The minimum Gasteiger partial charge on any atom is -0.490 e. The van der Waals surface area contributed by atoms with Crippen LogP contribution >= 0.6 is 0 Å². The van der Waals surface area contributed by atoms with Gasteiger partial charge >= 0.3 is 5.91 Å². The van der Waals surface area contributed by atoms with Crippen molar-refractivity contribution in [3.63, 3.8) is 0 Å². The van der Waals surface area contributed by atoms with Gasteiger partial charge in [-0.25, -0.2) is 5.43 Å². The molecule has 1 heterocycles. The Balaban J connectivity index is 1.68. The summed E-state index contributed by atoms with van der Waals surface area (Å²) in [6, 6.07) is 14.0. The van der Waals surface area contributed by atoms with Gasteiger partial charge in [0.05, 0.1) is 12.8 Å². The number of hydrogen-bond donors (Lipinski definition) is 2. The normalized spacial score (nSPS) is 10.9. The maximum atomic E-state index is 12.2. The van der Waals surface area contributed by atoms with Gasteiger partial charge in [-0.05, 0) is 42.8 Å². The van der Waals surface area contributed by atoms with Crippen molar-refractivity contribution >= 4 is 29.0 Å². The number of para-hydroxylation sites is 1. The third-order valence-electron chi connectivity index (χ3n) is 3.67. The highest BCUT2D eigenvalue weighted by Gasteiger charge is 2.11. The molecule has 8 heteroatoms. The van der Waals surface area contributed by atoms with Crippen LogP contribution in [0.25, 0.3) is 11.0 Å². The summed E-state index contributed by atoms with van der Waals surface area (Å²) >= 11 is 0. The summed E-state index contributed by atoms with van der Waals surface area (Å²) < 4.78 is 16.3. The van der Waals surface area contributed by atoms with E-state index < -0.39 is 11.8 Å². The molecule has 0 aliphatic carbocycles. The van der Waals surface area contributed by atoms with Gasteiger partial charge in [0.2, 0.25) is 0 Å². The predicted octanol–water partition coefficient (Wildman–Crippen LogP) is 2.46.